The number of hydrogen-bond donors (Lipinski definition) is 6. The van der Waals surface area contributed by atoms with E-state index in [1.165, 1.54) is 4.90 Å². The second kappa shape index (κ2) is 13.8. The zero-order valence-electron chi connectivity index (χ0n) is 23.1. The summed E-state index contributed by atoms with van der Waals surface area (Å²) >= 11 is 0. The van der Waals surface area contributed by atoms with Crippen LogP contribution in [0.5, 0.6) is 0 Å². The third-order valence-electron chi connectivity index (χ3n) is 7.48. The second-order valence-corrected chi connectivity index (χ2v) is 10.5. The van der Waals surface area contributed by atoms with Crippen molar-refractivity contribution in [3.05, 3.63) is 71.9 Å². The number of carboxylic acids is 1. The number of H-pyrrole nitrogens is 1. The molecule has 4 atom stereocenters. The molecule has 1 aliphatic heterocycles. The topological polar surface area (TPSA) is 201 Å². The lowest BCUT2D eigenvalue weighted by atomic mass is 10.0. The molecule has 4 rings (SSSR count). The molecule has 1 aliphatic rings. The standard InChI is InChI=1S/C30H36N6O6/c31-21(16-19-17-33-22-10-5-4-9-20(19)22)29(40)36-14-6-11-25(36)28(39)34-23(12-13-26(32)37)27(38)35-24(30(41)42)15-18-7-2-1-3-8-18/h1-5,7-10,17,21,23-25,33H,6,11-16,31H2,(H2,32,37)(H,34,39)(H,35,38)(H,41,42). The molecule has 12 nitrogen and oxygen atoms in total. The SMILES string of the molecule is NC(=O)CCC(NC(=O)C1CCCN1C(=O)C(N)Cc1c[nH]c2ccccc12)C(=O)NC(Cc1ccccc1)C(=O)O. The fraction of sp³-hybridized carbons (Fsp3) is 0.367. The fourth-order valence-corrected chi connectivity index (χ4v) is 5.29. The van der Waals surface area contributed by atoms with E-state index < -0.39 is 47.9 Å². The molecule has 0 spiro atoms. The van der Waals surface area contributed by atoms with Gasteiger partial charge in [-0.15, -0.1) is 0 Å². The number of hydrogen-bond acceptors (Lipinski definition) is 6. The Bertz CT molecular complexity index is 1440. The highest BCUT2D eigenvalue weighted by molar-refractivity contribution is 5.95. The molecule has 8 N–H and O–H groups in total. The van der Waals surface area contributed by atoms with E-state index >= 15 is 0 Å². The molecule has 1 saturated heterocycles. The smallest absolute Gasteiger partial charge is 0.326 e. The molecule has 12 heteroatoms. The lowest BCUT2D eigenvalue weighted by molar-refractivity contribution is -0.143. The molecule has 2 heterocycles. The van der Waals surface area contributed by atoms with E-state index in [0.717, 1.165) is 16.5 Å². The highest BCUT2D eigenvalue weighted by atomic mass is 16.4. The maximum absolute atomic E-state index is 13.4. The molecule has 42 heavy (non-hydrogen) atoms. The molecule has 0 radical (unpaired) electrons. The number of fused-ring (bicyclic) bond motifs is 1. The number of aromatic nitrogens is 1. The number of carbonyl (C=O) groups excluding carboxylic acids is 4. The minimum atomic E-state index is -1.26. The number of benzene rings is 2. The van der Waals surface area contributed by atoms with Gasteiger partial charge in [0.2, 0.25) is 23.6 Å². The lowest BCUT2D eigenvalue weighted by Crippen LogP contribution is -2.57. The van der Waals surface area contributed by atoms with E-state index in [4.69, 9.17) is 11.5 Å². The van der Waals surface area contributed by atoms with Crippen LogP contribution in [0, 0.1) is 0 Å². The van der Waals surface area contributed by atoms with Crippen molar-refractivity contribution in [1.82, 2.24) is 20.5 Å². The Morgan fingerprint density at radius 3 is 2.40 bits per heavy atom. The van der Waals surface area contributed by atoms with Gasteiger partial charge in [-0.05, 0) is 42.9 Å². The summed E-state index contributed by atoms with van der Waals surface area (Å²) in [4.78, 5) is 67.9. The maximum Gasteiger partial charge on any atom is 0.326 e. The number of rotatable bonds is 13. The van der Waals surface area contributed by atoms with Crippen LogP contribution in [0.15, 0.2) is 60.8 Å². The third-order valence-corrected chi connectivity index (χ3v) is 7.48. The Morgan fingerprint density at radius 2 is 1.69 bits per heavy atom. The van der Waals surface area contributed by atoms with Gasteiger partial charge in [0, 0.05) is 36.5 Å². The van der Waals surface area contributed by atoms with Gasteiger partial charge < -0.3 is 37.1 Å². The van der Waals surface area contributed by atoms with Crippen molar-refractivity contribution in [1.29, 1.82) is 0 Å². The number of likely N-dealkylation sites (tertiary alicyclic amines) is 1. The Labute approximate surface area is 242 Å². The van der Waals surface area contributed by atoms with Crippen LogP contribution in [0.1, 0.15) is 36.8 Å². The second-order valence-electron chi connectivity index (χ2n) is 10.5. The van der Waals surface area contributed by atoms with Crippen molar-refractivity contribution in [2.24, 2.45) is 11.5 Å². The Hall–Kier alpha value is -4.71. The first-order valence-electron chi connectivity index (χ1n) is 13.9. The zero-order valence-corrected chi connectivity index (χ0v) is 23.1. The average Bonchev–Trinajstić information content (AvgIpc) is 3.62. The van der Waals surface area contributed by atoms with E-state index in [1.807, 2.05) is 30.5 Å². The monoisotopic (exact) mass is 576 g/mol. The van der Waals surface area contributed by atoms with Crippen LogP contribution in [-0.2, 0) is 36.8 Å². The van der Waals surface area contributed by atoms with Crippen molar-refractivity contribution < 1.29 is 29.1 Å². The number of para-hydroxylation sites is 1. The van der Waals surface area contributed by atoms with Gasteiger partial charge in [-0.25, -0.2) is 4.79 Å². The largest absolute Gasteiger partial charge is 0.480 e. The van der Waals surface area contributed by atoms with Gasteiger partial charge >= 0.3 is 5.97 Å². The predicted molar refractivity (Wildman–Crippen MR) is 155 cm³/mol. The van der Waals surface area contributed by atoms with Gasteiger partial charge in [0.25, 0.3) is 0 Å². The summed E-state index contributed by atoms with van der Waals surface area (Å²) in [5.41, 5.74) is 14.1. The van der Waals surface area contributed by atoms with Crippen LogP contribution < -0.4 is 22.1 Å². The van der Waals surface area contributed by atoms with E-state index in [1.54, 1.807) is 30.3 Å². The minimum absolute atomic E-state index is 0.0254. The van der Waals surface area contributed by atoms with Crippen molar-refractivity contribution in [2.75, 3.05) is 6.54 Å². The number of carboxylic acid groups (broad SMARTS) is 1. The quantitative estimate of drug-likeness (QED) is 0.171. The molecule has 2 aromatic carbocycles. The summed E-state index contributed by atoms with van der Waals surface area (Å²) in [5.74, 6) is -3.66. The summed E-state index contributed by atoms with van der Waals surface area (Å²) in [5, 5.41) is 15.8. The Morgan fingerprint density at radius 1 is 0.976 bits per heavy atom. The summed E-state index contributed by atoms with van der Waals surface area (Å²) in [7, 11) is 0. The molecule has 0 bridgehead atoms. The molecular weight excluding hydrogens is 540 g/mol. The summed E-state index contributed by atoms with van der Waals surface area (Å²) in [6.07, 6.45) is 2.71. The van der Waals surface area contributed by atoms with E-state index in [-0.39, 0.29) is 31.6 Å². The third kappa shape index (κ3) is 7.52. The van der Waals surface area contributed by atoms with Crippen LogP contribution in [-0.4, -0.2) is 75.3 Å². The van der Waals surface area contributed by atoms with Crippen LogP contribution in [0.2, 0.25) is 0 Å². The molecule has 0 saturated carbocycles. The number of aromatic amines is 1. The molecule has 1 fully saturated rings. The Kier molecular flexibility index (Phi) is 9.92. The van der Waals surface area contributed by atoms with E-state index in [2.05, 4.69) is 15.6 Å². The van der Waals surface area contributed by atoms with Crippen molar-refractivity contribution in [3.8, 4) is 0 Å². The number of amides is 4. The lowest BCUT2D eigenvalue weighted by Gasteiger charge is -2.28. The van der Waals surface area contributed by atoms with Gasteiger partial charge in [-0.2, -0.15) is 0 Å². The summed E-state index contributed by atoms with van der Waals surface area (Å²) in [6, 6.07) is 12.2. The highest BCUT2D eigenvalue weighted by Crippen LogP contribution is 2.22. The van der Waals surface area contributed by atoms with Gasteiger partial charge in [0.05, 0.1) is 6.04 Å². The molecule has 222 valence electrons. The molecule has 4 amide bonds. The Balaban J connectivity index is 1.42. The van der Waals surface area contributed by atoms with Gasteiger partial charge in [-0.3, -0.25) is 19.2 Å². The molecular formula is C30H36N6O6. The number of nitrogens with one attached hydrogen (secondary N) is 3. The van der Waals surface area contributed by atoms with Gasteiger partial charge in [0.15, 0.2) is 0 Å². The first-order valence-corrected chi connectivity index (χ1v) is 13.9. The van der Waals surface area contributed by atoms with Gasteiger partial charge in [-0.1, -0.05) is 48.5 Å². The van der Waals surface area contributed by atoms with Crippen LogP contribution in [0.4, 0.5) is 0 Å². The van der Waals surface area contributed by atoms with Crippen molar-refractivity contribution in [3.63, 3.8) is 0 Å². The van der Waals surface area contributed by atoms with Gasteiger partial charge in [0.1, 0.15) is 18.1 Å². The minimum Gasteiger partial charge on any atom is -0.480 e. The fourth-order valence-electron chi connectivity index (χ4n) is 5.29. The van der Waals surface area contributed by atoms with E-state index in [9.17, 15) is 29.1 Å². The zero-order chi connectivity index (χ0) is 30.2. The summed E-state index contributed by atoms with van der Waals surface area (Å²) < 4.78 is 0. The number of nitrogens with zero attached hydrogens (tertiary/aromatic N) is 1. The molecule has 0 aliphatic carbocycles. The number of carbonyl (C=O) groups is 5. The normalized spacial score (nSPS) is 16.9. The van der Waals surface area contributed by atoms with Crippen LogP contribution in [0.25, 0.3) is 10.9 Å². The molecule has 3 aromatic rings. The molecule has 4 unspecified atom stereocenters. The predicted octanol–water partition coefficient (Wildman–Crippen LogP) is 0.591. The first-order chi connectivity index (χ1) is 20.1. The first kappa shape index (κ1) is 30.3. The highest BCUT2D eigenvalue weighted by Gasteiger charge is 2.38. The van der Waals surface area contributed by atoms with E-state index in [0.29, 0.717) is 24.9 Å². The number of aliphatic carboxylic acids is 1. The van der Waals surface area contributed by atoms with Crippen molar-refractivity contribution >= 4 is 40.5 Å². The average molecular weight is 577 g/mol. The van der Waals surface area contributed by atoms with Crippen molar-refractivity contribution in [2.45, 2.75) is 62.7 Å². The summed E-state index contributed by atoms with van der Waals surface area (Å²) in [6.45, 7) is 0.328. The number of nitrogens with two attached hydrogens (primary N) is 2. The van der Waals surface area contributed by atoms with Crippen LogP contribution in [0.3, 0.4) is 0 Å². The maximum atomic E-state index is 13.4. The van der Waals surface area contributed by atoms with Crippen LogP contribution >= 0.6 is 0 Å². The number of primary amides is 1. The molecule has 1 aromatic heterocycles.